The van der Waals surface area contributed by atoms with Crippen LogP contribution in [0.5, 0.6) is 0 Å². The Morgan fingerprint density at radius 2 is 1.40 bits per heavy atom. The zero-order chi connectivity index (χ0) is 24.9. The molecule has 1 aliphatic rings. The van der Waals surface area contributed by atoms with Crippen LogP contribution in [0.1, 0.15) is 35.9 Å². The minimum atomic E-state index is 0.233. The van der Waals surface area contributed by atoms with Gasteiger partial charge in [0.2, 0.25) is 10.6 Å². The van der Waals surface area contributed by atoms with Crippen LogP contribution in [-0.4, -0.2) is 32.2 Å². The van der Waals surface area contributed by atoms with Crippen LogP contribution in [0.2, 0.25) is 15.7 Å². The third-order valence-corrected chi connectivity index (χ3v) is 6.71. The van der Waals surface area contributed by atoms with Crippen LogP contribution in [-0.2, 0) is 0 Å². The number of thioether (sulfide) groups is 1. The number of hydrogen-bond acceptors (Lipinski definition) is 6. The number of nitrogens with zero attached hydrogens (tertiary/aromatic N) is 4. The number of hydrogen-bond donors (Lipinski definition) is 1. The molecule has 182 valence electrons. The predicted octanol–water partition coefficient (Wildman–Crippen LogP) is 7.31. The summed E-state index contributed by atoms with van der Waals surface area (Å²) >= 11 is 18.9. The van der Waals surface area contributed by atoms with Gasteiger partial charge in [0.15, 0.2) is 0 Å². The molecule has 0 saturated heterocycles. The van der Waals surface area contributed by atoms with Crippen LogP contribution in [0.3, 0.4) is 0 Å². The van der Waals surface area contributed by atoms with Crippen LogP contribution in [0.25, 0.3) is 0 Å². The van der Waals surface area contributed by atoms with E-state index in [0.29, 0.717) is 23.5 Å². The first-order valence-electron chi connectivity index (χ1n) is 11.1. The Balaban J connectivity index is 0.000000170. The lowest BCUT2D eigenvalue weighted by atomic mass is 9.68. The number of benzene rings is 2. The van der Waals surface area contributed by atoms with Crippen molar-refractivity contribution in [3.05, 3.63) is 112 Å². The second-order valence-electron chi connectivity index (χ2n) is 7.54. The second-order valence-corrected chi connectivity index (χ2v) is 9.72. The standard InChI is InChI=1S/C14H12Cl2N2.C6H8ClN3S.C6H6/c15-13-8-12(17-14(16)18-13)11-7-6-10(11)9-4-2-1-3-5-9;7-6-9-3-1-5(10-6)11-4-2-8;1-2-4-6-5-3-1/h1-5,8,10-11H,6-7H2;1,3H,2,4,8H2;1-6H. The van der Waals surface area contributed by atoms with E-state index in [0.717, 1.165) is 22.9 Å². The maximum absolute atomic E-state index is 5.93. The summed E-state index contributed by atoms with van der Waals surface area (Å²) in [4.78, 5) is 15.9. The molecule has 1 fully saturated rings. The number of rotatable bonds is 5. The zero-order valence-electron chi connectivity index (χ0n) is 19.0. The second kappa shape index (κ2) is 15.0. The summed E-state index contributed by atoms with van der Waals surface area (Å²) in [5.41, 5.74) is 7.64. The zero-order valence-corrected chi connectivity index (χ0v) is 22.1. The highest BCUT2D eigenvalue weighted by atomic mass is 35.5. The topological polar surface area (TPSA) is 77.6 Å². The van der Waals surface area contributed by atoms with Crippen LogP contribution in [0.4, 0.5) is 0 Å². The number of nitrogens with two attached hydrogens (primary N) is 1. The first-order valence-corrected chi connectivity index (χ1v) is 13.2. The minimum absolute atomic E-state index is 0.233. The highest BCUT2D eigenvalue weighted by Gasteiger charge is 2.34. The van der Waals surface area contributed by atoms with Gasteiger partial charge in [-0.15, -0.1) is 11.8 Å². The van der Waals surface area contributed by atoms with Gasteiger partial charge >= 0.3 is 0 Å². The van der Waals surface area contributed by atoms with Gasteiger partial charge in [-0.1, -0.05) is 78.3 Å². The van der Waals surface area contributed by atoms with Crippen molar-refractivity contribution in [1.82, 2.24) is 19.9 Å². The Kier molecular flexibility index (Phi) is 11.7. The molecule has 0 aliphatic heterocycles. The molecule has 2 N–H and O–H groups in total. The van der Waals surface area contributed by atoms with Gasteiger partial charge in [-0.3, -0.25) is 0 Å². The molecular formula is C26H26Cl3N5S. The lowest BCUT2D eigenvalue weighted by molar-refractivity contribution is 0.339. The van der Waals surface area contributed by atoms with Crippen molar-refractivity contribution in [1.29, 1.82) is 0 Å². The smallest absolute Gasteiger partial charge is 0.224 e. The van der Waals surface area contributed by atoms with E-state index in [2.05, 4.69) is 44.2 Å². The summed E-state index contributed by atoms with van der Waals surface area (Å²) < 4.78 is 0. The van der Waals surface area contributed by atoms with E-state index < -0.39 is 0 Å². The third-order valence-electron chi connectivity index (χ3n) is 5.20. The Morgan fingerprint density at radius 3 is 1.94 bits per heavy atom. The fraction of sp³-hybridized carbons (Fsp3) is 0.231. The summed E-state index contributed by atoms with van der Waals surface area (Å²) in [5.74, 6) is 1.78. The van der Waals surface area contributed by atoms with E-state index in [9.17, 15) is 0 Å². The van der Waals surface area contributed by atoms with Gasteiger partial charge in [-0.05, 0) is 59.7 Å². The molecule has 1 saturated carbocycles. The van der Waals surface area contributed by atoms with Gasteiger partial charge in [0.25, 0.3) is 0 Å². The molecule has 2 aromatic heterocycles. The van der Waals surface area contributed by atoms with Crippen molar-refractivity contribution in [2.75, 3.05) is 12.3 Å². The van der Waals surface area contributed by atoms with Crippen LogP contribution in [0, 0.1) is 0 Å². The van der Waals surface area contributed by atoms with Crippen LogP contribution >= 0.6 is 46.6 Å². The van der Waals surface area contributed by atoms with Crippen LogP contribution in [0.15, 0.2) is 90.1 Å². The molecule has 0 bridgehead atoms. The molecule has 4 aromatic rings. The molecular weight excluding hydrogens is 521 g/mol. The maximum atomic E-state index is 5.93. The Labute approximate surface area is 225 Å². The molecule has 0 amide bonds. The molecule has 2 atom stereocenters. The minimum Gasteiger partial charge on any atom is -0.330 e. The van der Waals surface area contributed by atoms with Crippen molar-refractivity contribution in [3.63, 3.8) is 0 Å². The maximum Gasteiger partial charge on any atom is 0.224 e. The third kappa shape index (κ3) is 9.39. The normalized spacial score (nSPS) is 16.1. The lowest BCUT2D eigenvalue weighted by Gasteiger charge is -2.36. The van der Waals surface area contributed by atoms with Gasteiger partial charge in [-0.2, -0.15) is 0 Å². The van der Waals surface area contributed by atoms with E-state index in [4.69, 9.17) is 40.5 Å². The quantitative estimate of drug-likeness (QED) is 0.161. The van der Waals surface area contributed by atoms with Crippen LogP contribution < -0.4 is 5.73 Å². The fourth-order valence-electron chi connectivity index (χ4n) is 3.50. The van der Waals surface area contributed by atoms with Gasteiger partial charge in [0.05, 0.1) is 5.69 Å². The summed E-state index contributed by atoms with van der Waals surface area (Å²) in [6.07, 6.45) is 3.95. The van der Waals surface area contributed by atoms with Gasteiger partial charge < -0.3 is 5.73 Å². The summed E-state index contributed by atoms with van der Waals surface area (Å²) in [5, 5.41) is 1.81. The van der Waals surface area contributed by atoms with Gasteiger partial charge in [0, 0.05) is 24.4 Å². The molecule has 2 aromatic carbocycles. The highest BCUT2D eigenvalue weighted by molar-refractivity contribution is 7.99. The van der Waals surface area contributed by atoms with Crippen molar-refractivity contribution < 1.29 is 0 Å². The first-order chi connectivity index (χ1) is 17.1. The number of halogens is 3. The SMILES string of the molecule is Clc1cc(C2CCC2c2ccccc2)nc(Cl)n1.NCCSc1ccnc(Cl)n1.c1ccccc1. The molecule has 9 heteroatoms. The van der Waals surface area contributed by atoms with Crippen molar-refractivity contribution in [2.24, 2.45) is 5.73 Å². The van der Waals surface area contributed by atoms with E-state index in [-0.39, 0.29) is 10.6 Å². The predicted molar refractivity (Wildman–Crippen MR) is 146 cm³/mol. The molecule has 0 spiro atoms. The molecule has 0 radical (unpaired) electrons. The van der Waals surface area contributed by atoms with Crippen molar-refractivity contribution >= 4 is 46.6 Å². The monoisotopic (exact) mass is 545 g/mol. The molecule has 1 aliphatic carbocycles. The van der Waals surface area contributed by atoms with Crippen molar-refractivity contribution in [2.45, 2.75) is 29.7 Å². The molecule has 5 nitrogen and oxygen atoms in total. The number of aromatic nitrogens is 4. The van der Waals surface area contributed by atoms with E-state index in [1.54, 1.807) is 18.0 Å². The largest absolute Gasteiger partial charge is 0.330 e. The van der Waals surface area contributed by atoms with E-state index >= 15 is 0 Å². The Bertz CT molecular complexity index is 1110. The van der Waals surface area contributed by atoms with E-state index in [1.807, 2.05) is 54.6 Å². The summed E-state index contributed by atoms with van der Waals surface area (Å²) in [6.45, 7) is 0.645. The van der Waals surface area contributed by atoms with E-state index in [1.165, 1.54) is 12.0 Å². The van der Waals surface area contributed by atoms with Gasteiger partial charge in [0.1, 0.15) is 10.2 Å². The van der Waals surface area contributed by atoms with Gasteiger partial charge in [-0.25, -0.2) is 19.9 Å². The summed E-state index contributed by atoms with van der Waals surface area (Å²) in [6, 6.07) is 26.2. The molecule has 5 rings (SSSR count). The average molecular weight is 547 g/mol. The fourth-order valence-corrected chi connectivity index (χ4v) is 4.75. The Morgan fingerprint density at radius 1 is 0.771 bits per heavy atom. The first kappa shape index (κ1) is 27.4. The molecule has 2 heterocycles. The highest BCUT2D eigenvalue weighted by Crippen LogP contribution is 2.48. The lowest BCUT2D eigenvalue weighted by Crippen LogP contribution is -2.23. The van der Waals surface area contributed by atoms with Crippen molar-refractivity contribution in [3.8, 4) is 0 Å². The molecule has 35 heavy (non-hydrogen) atoms. The Hall–Kier alpha value is -2.22. The summed E-state index contributed by atoms with van der Waals surface area (Å²) in [7, 11) is 0. The average Bonchev–Trinajstić information content (AvgIpc) is 2.84. The molecule has 2 unspecified atom stereocenters.